The first-order valence-electron chi connectivity index (χ1n) is 8.47. The lowest BCUT2D eigenvalue weighted by atomic mass is 10.0. The summed E-state index contributed by atoms with van der Waals surface area (Å²) in [6.45, 7) is 0. The Bertz CT molecular complexity index is 1230. The molecule has 0 saturated carbocycles. The predicted molar refractivity (Wildman–Crippen MR) is 102 cm³/mol. The molecule has 0 spiro atoms. The molecule has 6 nitrogen and oxygen atoms in total. The Labute approximate surface area is 154 Å². The molecule has 0 bridgehead atoms. The van der Waals surface area contributed by atoms with Crippen LogP contribution < -0.4 is 4.74 Å². The minimum atomic E-state index is -0.328. The van der Waals surface area contributed by atoms with Gasteiger partial charge in [-0.15, -0.1) is 0 Å². The van der Waals surface area contributed by atoms with Crippen LogP contribution in [0.1, 0.15) is 15.9 Å². The van der Waals surface area contributed by atoms with E-state index in [0.717, 1.165) is 27.9 Å². The van der Waals surface area contributed by atoms with Crippen molar-refractivity contribution >= 4 is 22.9 Å². The Morgan fingerprint density at radius 3 is 2.89 bits per heavy atom. The second-order valence-corrected chi connectivity index (χ2v) is 6.43. The molecule has 5 rings (SSSR count). The number of fused-ring (bicyclic) bond motifs is 2. The number of ketones is 1. The van der Waals surface area contributed by atoms with E-state index in [1.165, 1.54) is 6.07 Å². The number of carbonyl (C=O) groups excluding carboxylic acids is 1. The highest BCUT2D eigenvalue weighted by atomic mass is 16.5. The van der Waals surface area contributed by atoms with Gasteiger partial charge in [0.15, 0.2) is 5.76 Å². The zero-order chi connectivity index (χ0) is 18.5. The summed E-state index contributed by atoms with van der Waals surface area (Å²) < 4.78 is 7.62. The van der Waals surface area contributed by atoms with Crippen molar-refractivity contribution in [2.45, 2.75) is 0 Å². The fourth-order valence-electron chi connectivity index (χ4n) is 3.53. The van der Waals surface area contributed by atoms with Crippen LogP contribution in [-0.4, -0.2) is 25.4 Å². The van der Waals surface area contributed by atoms with Gasteiger partial charge in [0.2, 0.25) is 5.78 Å². The minimum absolute atomic E-state index is 0.0763. The maximum Gasteiger partial charge on any atom is 0.235 e. The number of benzene rings is 1. The molecule has 6 heteroatoms. The van der Waals surface area contributed by atoms with Crippen molar-refractivity contribution < 1.29 is 14.6 Å². The van der Waals surface area contributed by atoms with Crippen LogP contribution in [0.4, 0.5) is 0 Å². The zero-order valence-corrected chi connectivity index (χ0v) is 14.4. The van der Waals surface area contributed by atoms with E-state index < -0.39 is 0 Å². The van der Waals surface area contributed by atoms with Crippen molar-refractivity contribution in [1.82, 2.24) is 14.5 Å². The van der Waals surface area contributed by atoms with Crippen LogP contribution >= 0.6 is 0 Å². The van der Waals surface area contributed by atoms with Gasteiger partial charge in [0.05, 0.1) is 0 Å². The molecule has 4 heterocycles. The number of carbonyl (C=O) groups is 1. The van der Waals surface area contributed by atoms with Gasteiger partial charge in [-0.2, -0.15) is 0 Å². The summed E-state index contributed by atoms with van der Waals surface area (Å²) in [4.78, 5) is 20.4. The number of ether oxygens (including phenoxy) is 1. The normalized spacial score (nSPS) is 14.7. The van der Waals surface area contributed by atoms with Crippen molar-refractivity contribution in [1.29, 1.82) is 0 Å². The third kappa shape index (κ3) is 2.27. The van der Waals surface area contributed by atoms with Crippen LogP contribution in [0.3, 0.4) is 0 Å². The average molecular weight is 357 g/mol. The van der Waals surface area contributed by atoms with E-state index in [1.54, 1.807) is 24.4 Å². The van der Waals surface area contributed by atoms with Crippen molar-refractivity contribution in [2.75, 3.05) is 0 Å². The lowest BCUT2D eigenvalue weighted by Gasteiger charge is -2.03. The fraction of sp³-hybridized carbons (Fsp3) is 0.0476. The highest BCUT2D eigenvalue weighted by Crippen LogP contribution is 2.38. The molecular formula is C21H15N3O3. The van der Waals surface area contributed by atoms with E-state index in [9.17, 15) is 9.90 Å². The number of allylic oxidation sites excluding steroid dienone is 1. The van der Waals surface area contributed by atoms with Gasteiger partial charge in [0.1, 0.15) is 22.7 Å². The molecule has 27 heavy (non-hydrogen) atoms. The van der Waals surface area contributed by atoms with Crippen molar-refractivity contribution in [2.24, 2.45) is 7.05 Å². The van der Waals surface area contributed by atoms with Gasteiger partial charge >= 0.3 is 0 Å². The zero-order valence-electron chi connectivity index (χ0n) is 14.4. The number of aromatic nitrogens is 3. The maximum absolute atomic E-state index is 12.7. The third-order valence-corrected chi connectivity index (χ3v) is 4.74. The van der Waals surface area contributed by atoms with Crippen molar-refractivity contribution in [3.05, 3.63) is 71.9 Å². The Hall–Kier alpha value is -3.80. The third-order valence-electron chi connectivity index (χ3n) is 4.74. The number of Topliss-reactive ketones (excluding diaryl/α,β-unsaturated/α-hetero) is 1. The van der Waals surface area contributed by atoms with Crippen LogP contribution in [0.25, 0.3) is 28.4 Å². The average Bonchev–Trinajstić information content (AvgIpc) is 3.36. The molecule has 1 aromatic carbocycles. The van der Waals surface area contributed by atoms with Crippen molar-refractivity contribution in [3.63, 3.8) is 0 Å². The van der Waals surface area contributed by atoms with E-state index >= 15 is 0 Å². The quantitative estimate of drug-likeness (QED) is 0.533. The lowest BCUT2D eigenvalue weighted by molar-refractivity contribution is 0.101. The molecule has 0 saturated heterocycles. The number of hydrogen-bond donors (Lipinski definition) is 2. The highest BCUT2D eigenvalue weighted by Gasteiger charge is 2.30. The summed E-state index contributed by atoms with van der Waals surface area (Å²) in [5.41, 5.74) is 3.78. The van der Waals surface area contributed by atoms with Crippen LogP contribution in [0.2, 0.25) is 0 Å². The molecule has 132 valence electrons. The Kier molecular flexibility index (Phi) is 3.21. The van der Waals surface area contributed by atoms with Crippen molar-refractivity contribution in [3.8, 4) is 22.8 Å². The van der Waals surface area contributed by atoms with Gasteiger partial charge in [-0.3, -0.25) is 4.79 Å². The van der Waals surface area contributed by atoms with E-state index in [4.69, 9.17) is 4.74 Å². The van der Waals surface area contributed by atoms with Gasteiger partial charge in [0, 0.05) is 47.8 Å². The number of rotatable bonds is 2. The first-order chi connectivity index (χ1) is 13.1. The molecular weight excluding hydrogens is 342 g/mol. The first-order valence-corrected chi connectivity index (χ1v) is 8.47. The Morgan fingerprint density at radius 2 is 2.11 bits per heavy atom. The number of pyridine rings is 1. The second kappa shape index (κ2) is 5.60. The van der Waals surface area contributed by atoms with E-state index in [2.05, 4.69) is 9.97 Å². The number of H-pyrrole nitrogens is 1. The highest BCUT2D eigenvalue weighted by molar-refractivity contribution is 6.17. The topological polar surface area (TPSA) is 80.1 Å². The molecule has 0 unspecified atom stereocenters. The minimum Gasteiger partial charge on any atom is -0.507 e. The molecule has 0 fully saturated rings. The van der Waals surface area contributed by atoms with E-state index in [1.807, 2.05) is 42.2 Å². The molecule has 0 atom stereocenters. The molecule has 1 aliphatic rings. The van der Waals surface area contributed by atoms with Crippen LogP contribution in [0.15, 0.2) is 60.7 Å². The molecule has 0 amide bonds. The molecule has 0 radical (unpaired) electrons. The summed E-state index contributed by atoms with van der Waals surface area (Å²) in [6.07, 6.45) is 7.25. The monoisotopic (exact) mass is 357 g/mol. The van der Waals surface area contributed by atoms with Crippen LogP contribution in [0.5, 0.6) is 11.5 Å². The molecule has 2 N–H and O–H groups in total. The standard InChI is InChI=1S/C21H15N3O3/c1-24-11-12(10-17-20(26)19-15(25)5-2-6-16(19)27-17)18-13(7-9-23-21(18)24)14-4-3-8-22-14/h2-11,22,25H,1H3/b17-10-. The SMILES string of the molecule is Cn1cc(/C=C2\Oc3cccc(O)c3C2=O)c2c(-c3ccc[nH]3)ccnc21. The van der Waals surface area contributed by atoms with Gasteiger partial charge in [0.25, 0.3) is 0 Å². The second-order valence-electron chi connectivity index (χ2n) is 6.43. The summed E-state index contributed by atoms with van der Waals surface area (Å²) in [5.74, 6) is 0.146. The number of aromatic hydroxyl groups is 1. The summed E-state index contributed by atoms with van der Waals surface area (Å²) >= 11 is 0. The largest absolute Gasteiger partial charge is 0.507 e. The van der Waals surface area contributed by atoms with Crippen LogP contribution in [0, 0.1) is 0 Å². The van der Waals surface area contributed by atoms with Gasteiger partial charge in [-0.05, 0) is 36.4 Å². The fourth-order valence-corrected chi connectivity index (χ4v) is 3.53. The number of phenolic OH excluding ortho intramolecular Hbond substituents is 1. The smallest absolute Gasteiger partial charge is 0.235 e. The molecule has 4 aromatic rings. The Morgan fingerprint density at radius 1 is 1.22 bits per heavy atom. The number of nitrogens with zero attached hydrogens (tertiary/aromatic N) is 2. The van der Waals surface area contributed by atoms with E-state index in [-0.39, 0.29) is 22.9 Å². The van der Waals surface area contributed by atoms with Crippen LogP contribution in [-0.2, 0) is 7.05 Å². The predicted octanol–water partition coefficient (Wildman–Crippen LogP) is 3.89. The molecule has 0 aliphatic carbocycles. The van der Waals surface area contributed by atoms with Gasteiger partial charge < -0.3 is 19.4 Å². The Balaban J connectivity index is 1.70. The van der Waals surface area contributed by atoms with E-state index in [0.29, 0.717) is 5.75 Å². The molecule has 3 aromatic heterocycles. The van der Waals surface area contributed by atoms with Gasteiger partial charge in [-0.25, -0.2) is 4.98 Å². The summed E-state index contributed by atoms with van der Waals surface area (Å²) in [5, 5.41) is 10.9. The van der Waals surface area contributed by atoms with Gasteiger partial charge in [-0.1, -0.05) is 6.07 Å². The maximum atomic E-state index is 12.7. The number of aryl methyl sites for hydroxylation is 1. The number of hydrogen-bond acceptors (Lipinski definition) is 4. The summed E-state index contributed by atoms with van der Waals surface area (Å²) in [7, 11) is 1.91. The summed E-state index contributed by atoms with van der Waals surface area (Å²) in [6, 6.07) is 10.7. The lowest BCUT2D eigenvalue weighted by Crippen LogP contribution is -1.98. The number of phenols is 1. The molecule has 1 aliphatic heterocycles. The number of aromatic amines is 1. The number of nitrogens with one attached hydrogen (secondary N) is 1. The first kappa shape index (κ1) is 15.5.